The van der Waals surface area contributed by atoms with E-state index in [4.69, 9.17) is 9.47 Å². The summed E-state index contributed by atoms with van der Waals surface area (Å²) in [6, 6.07) is 0. The van der Waals surface area contributed by atoms with Gasteiger partial charge in [-0.3, -0.25) is 14.4 Å². The average molecular weight is 385 g/mol. The minimum atomic E-state index is -0.947. The van der Waals surface area contributed by atoms with E-state index in [2.05, 4.69) is 13.8 Å². The third kappa shape index (κ3) is 6.22. The zero-order chi connectivity index (χ0) is 20.8. The van der Waals surface area contributed by atoms with Crippen LogP contribution in [0.15, 0.2) is 0 Å². The van der Waals surface area contributed by atoms with Gasteiger partial charge in [0, 0.05) is 0 Å². The van der Waals surface area contributed by atoms with Crippen LogP contribution in [0.5, 0.6) is 0 Å². The number of rotatable bonds is 8. The molecule has 6 heteroatoms. The number of ether oxygens (including phenoxy) is 2. The van der Waals surface area contributed by atoms with E-state index in [0.29, 0.717) is 25.2 Å². The number of hydrogen-bond acceptors (Lipinski definition) is 5. The Hall–Kier alpha value is -1.59. The van der Waals surface area contributed by atoms with Gasteiger partial charge in [0.05, 0.1) is 17.3 Å². The Morgan fingerprint density at radius 2 is 1.48 bits per heavy atom. The maximum atomic E-state index is 12.7. The Morgan fingerprint density at radius 3 is 1.96 bits per heavy atom. The van der Waals surface area contributed by atoms with Crippen LogP contribution in [0.25, 0.3) is 0 Å². The molecule has 3 unspecified atom stereocenters. The summed E-state index contributed by atoms with van der Waals surface area (Å²) in [5.41, 5.74) is -0.898. The predicted molar refractivity (Wildman–Crippen MR) is 102 cm³/mol. The van der Waals surface area contributed by atoms with Crippen LogP contribution in [0.3, 0.4) is 0 Å². The molecule has 0 amide bonds. The Kier molecular flexibility index (Phi) is 8.30. The van der Waals surface area contributed by atoms with Gasteiger partial charge in [-0.25, -0.2) is 0 Å². The van der Waals surface area contributed by atoms with E-state index in [-0.39, 0.29) is 24.6 Å². The first kappa shape index (κ1) is 23.4. The minimum Gasteiger partial charge on any atom is -0.481 e. The van der Waals surface area contributed by atoms with Crippen LogP contribution in [0, 0.1) is 28.6 Å². The number of carboxylic acid groups (broad SMARTS) is 1. The molecule has 0 bridgehead atoms. The number of carbonyl (C=O) groups is 3. The molecule has 27 heavy (non-hydrogen) atoms. The summed E-state index contributed by atoms with van der Waals surface area (Å²) in [5, 5.41) is 9.26. The van der Waals surface area contributed by atoms with Crippen molar-refractivity contribution in [3.05, 3.63) is 0 Å². The maximum Gasteiger partial charge on any atom is 0.312 e. The summed E-state index contributed by atoms with van der Waals surface area (Å²) >= 11 is 0. The third-order valence-corrected chi connectivity index (χ3v) is 5.87. The molecule has 156 valence electrons. The van der Waals surface area contributed by atoms with E-state index < -0.39 is 29.2 Å². The van der Waals surface area contributed by atoms with E-state index in [1.54, 1.807) is 0 Å². The molecule has 1 N–H and O–H groups in total. The van der Waals surface area contributed by atoms with Gasteiger partial charge in [0.25, 0.3) is 0 Å². The first-order chi connectivity index (χ1) is 12.4. The van der Waals surface area contributed by atoms with Crippen molar-refractivity contribution in [2.45, 2.75) is 73.6 Å². The molecule has 1 aliphatic carbocycles. The molecule has 1 aliphatic rings. The van der Waals surface area contributed by atoms with Crippen molar-refractivity contribution < 1.29 is 29.0 Å². The highest BCUT2D eigenvalue weighted by Gasteiger charge is 2.45. The topological polar surface area (TPSA) is 89.9 Å². The second-order valence-corrected chi connectivity index (χ2v) is 9.32. The average Bonchev–Trinajstić information content (AvgIpc) is 2.56. The first-order valence-electron chi connectivity index (χ1n) is 9.97. The lowest BCUT2D eigenvalue weighted by molar-refractivity contribution is -0.169. The Labute approximate surface area is 163 Å². The van der Waals surface area contributed by atoms with Crippen LogP contribution in [0.2, 0.25) is 0 Å². The molecule has 0 spiro atoms. The largest absolute Gasteiger partial charge is 0.481 e. The molecule has 0 radical (unpaired) electrons. The fourth-order valence-corrected chi connectivity index (χ4v) is 3.76. The molecule has 0 aromatic heterocycles. The summed E-state index contributed by atoms with van der Waals surface area (Å²) in [4.78, 5) is 36.2. The van der Waals surface area contributed by atoms with Crippen molar-refractivity contribution in [1.82, 2.24) is 0 Å². The summed E-state index contributed by atoms with van der Waals surface area (Å²) in [6.07, 6.45) is 3.39. The quantitative estimate of drug-likeness (QED) is 0.501. The fourth-order valence-electron chi connectivity index (χ4n) is 3.76. The first-order valence-corrected chi connectivity index (χ1v) is 9.97. The molecular weight excluding hydrogens is 348 g/mol. The van der Waals surface area contributed by atoms with Gasteiger partial charge in [0.1, 0.15) is 13.2 Å². The van der Waals surface area contributed by atoms with Crippen molar-refractivity contribution in [2.24, 2.45) is 28.6 Å². The van der Waals surface area contributed by atoms with Crippen molar-refractivity contribution in [1.29, 1.82) is 0 Å². The zero-order valence-electron chi connectivity index (χ0n) is 17.7. The van der Waals surface area contributed by atoms with Crippen molar-refractivity contribution in [3.8, 4) is 0 Å². The van der Waals surface area contributed by atoms with Gasteiger partial charge >= 0.3 is 17.9 Å². The molecule has 3 atom stereocenters. The highest BCUT2D eigenvalue weighted by Crippen LogP contribution is 2.44. The minimum absolute atomic E-state index is 0.0151. The summed E-state index contributed by atoms with van der Waals surface area (Å²) in [7, 11) is 0. The van der Waals surface area contributed by atoms with Crippen LogP contribution in [-0.2, 0) is 23.9 Å². The van der Waals surface area contributed by atoms with Crippen LogP contribution in [-0.4, -0.2) is 36.2 Å². The van der Waals surface area contributed by atoms with Gasteiger partial charge < -0.3 is 14.6 Å². The predicted octanol–water partition coefficient (Wildman–Crippen LogP) is 4.06. The van der Waals surface area contributed by atoms with Crippen molar-refractivity contribution in [2.75, 3.05) is 13.2 Å². The molecule has 0 aromatic carbocycles. The number of carboxylic acids is 1. The van der Waals surface area contributed by atoms with Gasteiger partial charge in [-0.1, -0.05) is 47.5 Å². The second kappa shape index (κ2) is 9.56. The summed E-state index contributed by atoms with van der Waals surface area (Å²) in [5.74, 6) is -2.67. The van der Waals surface area contributed by atoms with E-state index in [9.17, 15) is 19.5 Å². The van der Waals surface area contributed by atoms with Gasteiger partial charge in [-0.2, -0.15) is 0 Å². The van der Waals surface area contributed by atoms with Gasteiger partial charge in [0.2, 0.25) is 0 Å². The smallest absolute Gasteiger partial charge is 0.312 e. The molecule has 1 fully saturated rings. The lowest BCUT2D eigenvalue weighted by Crippen LogP contribution is -2.43. The van der Waals surface area contributed by atoms with Crippen LogP contribution in [0.1, 0.15) is 73.6 Å². The molecular formula is C21H36O6. The lowest BCUT2D eigenvalue weighted by Gasteiger charge is -2.40. The molecule has 0 heterocycles. The lowest BCUT2D eigenvalue weighted by atomic mass is 9.64. The molecule has 1 saturated carbocycles. The summed E-state index contributed by atoms with van der Waals surface area (Å²) in [6.45, 7) is 12.1. The van der Waals surface area contributed by atoms with Gasteiger partial charge in [-0.15, -0.1) is 0 Å². The standard InChI is InChI=1S/C21H36O6/c1-14(2)13-21(6,20(3,4)5)19(25)27-12-11-26-18(24)16-10-8-7-9-15(16)17(22)23/h14-16H,7-13H2,1-6H3,(H,22,23). The highest BCUT2D eigenvalue weighted by atomic mass is 16.6. The van der Waals surface area contributed by atoms with Crippen LogP contribution >= 0.6 is 0 Å². The zero-order valence-corrected chi connectivity index (χ0v) is 17.7. The molecule has 6 nitrogen and oxygen atoms in total. The van der Waals surface area contributed by atoms with Crippen LogP contribution < -0.4 is 0 Å². The molecule has 0 aromatic rings. The Bertz CT molecular complexity index is 533. The van der Waals surface area contributed by atoms with E-state index in [1.807, 2.05) is 27.7 Å². The maximum absolute atomic E-state index is 12.7. The number of aliphatic carboxylic acids is 1. The Balaban J connectivity index is 2.55. The van der Waals surface area contributed by atoms with E-state index >= 15 is 0 Å². The van der Waals surface area contributed by atoms with Gasteiger partial charge in [0.15, 0.2) is 0 Å². The SMILES string of the molecule is CC(C)CC(C)(C(=O)OCCOC(=O)C1CCCCC1C(=O)O)C(C)(C)C. The second-order valence-electron chi connectivity index (χ2n) is 9.32. The highest BCUT2D eigenvalue weighted by molar-refractivity contribution is 5.81. The molecule has 0 aliphatic heterocycles. The summed E-state index contributed by atoms with van der Waals surface area (Å²) < 4.78 is 10.6. The number of hydrogen-bond donors (Lipinski definition) is 1. The normalized spacial score (nSPS) is 22.8. The van der Waals surface area contributed by atoms with E-state index in [0.717, 1.165) is 12.8 Å². The number of carbonyl (C=O) groups excluding carboxylic acids is 2. The molecule has 0 saturated heterocycles. The fraction of sp³-hybridized carbons (Fsp3) is 0.857. The number of esters is 2. The molecule has 1 rings (SSSR count). The Morgan fingerprint density at radius 1 is 0.963 bits per heavy atom. The van der Waals surface area contributed by atoms with Crippen molar-refractivity contribution >= 4 is 17.9 Å². The third-order valence-electron chi connectivity index (χ3n) is 5.87. The van der Waals surface area contributed by atoms with Gasteiger partial charge in [-0.05, 0) is 37.5 Å². The van der Waals surface area contributed by atoms with Crippen LogP contribution in [0.4, 0.5) is 0 Å². The monoisotopic (exact) mass is 384 g/mol. The van der Waals surface area contributed by atoms with Crippen molar-refractivity contribution in [3.63, 3.8) is 0 Å². The van der Waals surface area contributed by atoms with E-state index in [1.165, 1.54) is 0 Å².